The zero-order chi connectivity index (χ0) is 22.7. The van der Waals surface area contributed by atoms with E-state index in [4.69, 9.17) is 16.6 Å². The molecule has 0 unspecified atom stereocenters. The van der Waals surface area contributed by atoms with Gasteiger partial charge in [-0.1, -0.05) is 29.8 Å². The molecule has 3 atom stereocenters. The van der Waals surface area contributed by atoms with Crippen molar-refractivity contribution in [2.24, 2.45) is 5.92 Å². The van der Waals surface area contributed by atoms with Crippen molar-refractivity contribution in [3.05, 3.63) is 98.6 Å². The maximum atomic E-state index is 11.4. The number of rotatable bonds is 3. The number of nitro groups is 1. The number of nitro benzene ring substituents is 1. The number of benzene rings is 3. The summed E-state index contributed by atoms with van der Waals surface area (Å²) in [4.78, 5) is 15.8. The fraction of sp³-hybridized carbons (Fsp3) is 0.192. The van der Waals surface area contributed by atoms with Crippen LogP contribution in [0.4, 0.5) is 11.4 Å². The summed E-state index contributed by atoms with van der Waals surface area (Å²) in [6.07, 6.45) is 5.36. The molecule has 2 heterocycles. The van der Waals surface area contributed by atoms with Gasteiger partial charge in [-0.25, -0.2) is 4.98 Å². The highest BCUT2D eigenvalue weighted by atomic mass is 35.5. The maximum absolute atomic E-state index is 11.4. The second-order valence-corrected chi connectivity index (χ2v) is 10.2. The number of non-ortho nitro benzene ring substituents is 1. The number of anilines is 1. The molecule has 0 saturated heterocycles. The van der Waals surface area contributed by atoms with Crippen molar-refractivity contribution < 1.29 is 4.92 Å². The Morgan fingerprint density at radius 1 is 1.12 bits per heavy atom. The average Bonchev–Trinajstić information content (AvgIpc) is 3.46. The van der Waals surface area contributed by atoms with Crippen molar-refractivity contribution >= 4 is 44.5 Å². The van der Waals surface area contributed by atoms with Crippen LogP contribution in [0.5, 0.6) is 0 Å². The molecule has 0 amide bonds. The van der Waals surface area contributed by atoms with Gasteiger partial charge in [0.05, 0.1) is 21.2 Å². The lowest BCUT2D eigenvalue weighted by atomic mass is 9.76. The summed E-state index contributed by atoms with van der Waals surface area (Å²) in [5, 5.41) is 16.6. The van der Waals surface area contributed by atoms with Gasteiger partial charge < -0.3 is 5.32 Å². The van der Waals surface area contributed by atoms with E-state index in [2.05, 4.69) is 60.8 Å². The number of fused-ring (bicyclic) bond motifs is 4. The molecule has 6 rings (SSSR count). The van der Waals surface area contributed by atoms with Crippen LogP contribution in [0.3, 0.4) is 0 Å². The molecule has 5 nitrogen and oxygen atoms in total. The predicted octanol–water partition coefficient (Wildman–Crippen LogP) is 7.66. The van der Waals surface area contributed by atoms with Gasteiger partial charge in [-0.3, -0.25) is 10.1 Å². The third-order valence-corrected chi connectivity index (χ3v) is 8.09. The van der Waals surface area contributed by atoms with E-state index in [0.717, 1.165) is 33.8 Å². The van der Waals surface area contributed by atoms with E-state index < -0.39 is 0 Å². The number of hydrogen-bond acceptors (Lipinski definition) is 5. The average molecular weight is 474 g/mol. The van der Waals surface area contributed by atoms with E-state index in [1.807, 2.05) is 0 Å². The lowest BCUT2D eigenvalue weighted by Crippen LogP contribution is -2.29. The normalized spacial score (nSPS) is 21.0. The zero-order valence-corrected chi connectivity index (χ0v) is 19.4. The first-order valence-corrected chi connectivity index (χ1v) is 12.1. The van der Waals surface area contributed by atoms with E-state index in [9.17, 15) is 10.1 Å². The first kappa shape index (κ1) is 20.4. The van der Waals surface area contributed by atoms with Crippen molar-refractivity contribution in [3.8, 4) is 10.6 Å². The number of aromatic nitrogens is 1. The van der Waals surface area contributed by atoms with Crippen molar-refractivity contribution in [2.75, 3.05) is 5.32 Å². The molecular weight excluding hydrogens is 454 g/mol. The molecule has 33 heavy (non-hydrogen) atoms. The van der Waals surface area contributed by atoms with Gasteiger partial charge in [-0.2, -0.15) is 0 Å². The summed E-state index contributed by atoms with van der Waals surface area (Å²) in [6.45, 7) is 2.10. The van der Waals surface area contributed by atoms with Gasteiger partial charge in [-0.15, -0.1) is 11.3 Å². The fourth-order valence-electron chi connectivity index (χ4n) is 5.07. The second kappa shape index (κ2) is 7.68. The van der Waals surface area contributed by atoms with Crippen LogP contribution in [0.2, 0.25) is 5.02 Å². The predicted molar refractivity (Wildman–Crippen MR) is 134 cm³/mol. The number of nitrogens with zero attached hydrogens (tertiary/aromatic N) is 2. The number of aryl methyl sites for hydroxylation is 1. The second-order valence-electron chi connectivity index (χ2n) is 8.73. The number of halogens is 1. The molecule has 0 saturated carbocycles. The third-order valence-electron chi connectivity index (χ3n) is 6.68. The molecular formula is C26H20ClN3O2S. The monoisotopic (exact) mass is 473 g/mol. The zero-order valence-electron chi connectivity index (χ0n) is 17.8. The quantitative estimate of drug-likeness (QED) is 0.188. The van der Waals surface area contributed by atoms with Crippen LogP contribution in [0.15, 0.2) is 66.7 Å². The van der Waals surface area contributed by atoms with Gasteiger partial charge in [0.25, 0.3) is 5.69 Å². The number of hydrogen-bond donors (Lipinski definition) is 1. The van der Waals surface area contributed by atoms with Crippen LogP contribution < -0.4 is 5.32 Å². The molecule has 7 heteroatoms. The maximum Gasteiger partial charge on any atom is 0.269 e. The van der Waals surface area contributed by atoms with E-state index in [0.29, 0.717) is 5.02 Å². The highest BCUT2D eigenvalue weighted by Gasteiger charge is 2.39. The standard InChI is InChI=1S/C26H20ClN3O2S/c1-14-5-9-23-24(11-14)33-26(29-23)15-6-10-22-19(12-15)17-3-2-4-18(17)25(28-22)20-13-16(30(31)32)7-8-21(20)27/h2-3,5-13,17-18,25,28H,4H2,1H3/t17-,18+,25-/m1/s1. The topological polar surface area (TPSA) is 68.1 Å². The minimum atomic E-state index is -0.368. The number of allylic oxidation sites excluding steroid dienone is 2. The molecule has 1 aliphatic heterocycles. The molecule has 0 radical (unpaired) electrons. The minimum Gasteiger partial charge on any atom is -0.378 e. The van der Waals surface area contributed by atoms with Gasteiger partial charge in [0.2, 0.25) is 0 Å². The number of thiazole rings is 1. The molecule has 2 aliphatic rings. The Morgan fingerprint density at radius 2 is 2.00 bits per heavy atom. The van der Waals surface area contributed by atoms with Gasteiger partial charge in [-0.05, 0) is 66.8 Å². The molecule has 0 spiro atoms. The summed E-state index contributed by atoms with van der Waals surface area (Å²) in [5.41, 5.74) is 6.48. The highest BCUT2D eigenvalue weighted by Crippen LogP contribution is 2.52. The van der Waals surface area contributed by atoms with Crippen LogP contribution in [0.1, 0.15) is 35.1 Å². The Morgan fingerprint density at radius 3 is 2.85 bits per heavy atom. The summed E-state index contributed by atoms with van der Waals surface area (Å²) in [6, 6.07) is 17.4. The van der Waals surface area contributed by atoms with E-state index in [-0.39, 0.29) is 28.5 Å². The van der Waals surface area contributed by atoms with Crippen LogP contribution in [0.25, 0.3) is 20.8 Å². The van der Waals surface area contributed by atoms with Crippen LogP contribution in [-0.2, 0) is 0 Å². The van der Waals surface area contributed by atoms with Gasteiger partial charge in [0.15, 0.2) is 0 Å². The molecule has 1 aliphatic carbocycles. The molecule has 164 valence electrons. The van der Waals surface area contributed by atoms with Crippen LogP contribution in [-0.4, -0.2) is 9.91 Å². The van der Waals surface area contributed by atoms with Gasteiger partial charge in [0, 0.05) is 39.9 Å². The summed E-state index contributed by atoms with van der Waals surface area (Å²) < 4.78 is 1.19. The smallest absolute Gasteiger partial charge is 0.269 e. The lowest BCUT2D eigenvalue weighted by Gasteiger charge is -2.38. The Labute approximate surface area is 199 Å². The SMILES string of the molecule is Cc1ccc2nc(-c3ccc4c(c3)[C@@H]3C=CC[C@@H]3[C@H](c3cc([N+](=O)[O-])ccc3Cl)N4)sc2c1. The highest BCUT2D eigenvalue weighted by molar-refractivity contribution is 7.21. The Kier molecular flexibility index (Phi) is 4.75. The van der Waals surface area contributed by atoms with Gasteiger partial charge >= 0.3 is 0 Å². The van der Waals surface area contributed by atoms with Crippen LogP contribution in [0, 0.1) is 23.0 Å². The molecule has 4 aromatic rings. The molecule has 0 bridgehead atoms. The third kappa shape index (κ3) is 3.41. The van der Waals surface area contributed by atoms with Crippen molar-refractivity contribution in [3.63, 3.8) is 0 Å². The summed E-state index contributed by atoms with van der Waals surface area (Å²) in [7, 11) is 0. The molecule has 0 fully saturated rings. The van der Waals surface area contributed by atoms with E-state index in [1.54, 1.807) is 23.5 Å². The fourth-order valence-corrected chi connectivity index (χ4v) is 6.37. The molecule has 1 aromatic heterocycles. The van der Waals surface area contributed by atoms with Crippen LogP contribution >= 0.6 is 22.9 Å². The largest absolute Gasteiger partial charge is 0.378 e. The Hall–Kier alpha value is -3.22. The Bertz CT molecular complexity index is 1460. The van der Waals surface area contributed by atoms with Crippen molar-refractivity contribution in [2.45, 2.75) is 25.3 Å². The Balaban J connectivity index is 1.41. The van der Waals surface area contributed by atoms with Gasteiger partial charge in [0.1, 0.15) is 5.01 Å². The van der Waals surface area contributed by atoms with Crippen molar-refractivity contribution in [1.29, 1.82) is 0 Å². The first-order valence-electron chi connectivity index (χ1n) is 10.9. The first-order chi connectivity index (χ1) is 16.0. The lowest BCUT2D eigenvalue weighted by molar-refractivity contribution is -0.384. The number of nitrogens with one attached hydrogen (secondary N) is 1. The van der Waals surface area contributed by atoms with E-state index >= 15 is 0 Å². The summed E-state index contributed by atoms with van der Waals surface area (Å²) >= 11 is 8.23. The minimum absolute atomic E-state index is 0.0610. The van der Waals surface area contributed by atoms with E-state index in [1.165, 1.54) is 21.9 Å². The summed E-state index contributed by atoms with van der Waals surface area (Å²) in [5.74, 6) is 0.462. The molecule has 3 aromatic carbocycles. The van der Waals surface area contributed by atoms with Crippen molar-refractivity contribution in [1.82, 2.24) is 4.98 Å². The molecule has 1 N–H and O–H groups in total.